The number of hydrogen-bond acceptors (Lipinski definition) is 4. The highest BCUT2D eigenvalue weighted by atomic mass is 19.3. The summed E-state index contributed by atoms with van der Waals surface area (Å²) >= 11 is 0. The number of benzene rings is 2. The van der Waals surface area contributed by atoms with Crippen molar-refractivity contribution in [1.29, 1.82) is 0 Å². The molecule has 130 valence electrons. The Kier molecular flexibility index (Phi) is 6.22. The summed E-state index contributed by atoms with van der Waals surface area (Å²) in [6.45, 7) is -2.92. The summed E-state index contributed by atoms with van der Waals surface area (Å²) in [4.78, 5) is 24.0. The maximum absolute atomic E-state index is 12.2. The molecule has 2 aromatic rings. The van der Waals surface area contributed by atoms with Gasteiger partial charge in [0.15, 0.2) is 0 Å². The van der Waals surface area contributed by atoms with E-state index in [1.54, 1.807) is 30.3 Å². The molecule has 0 spiro atoms. The summed E-state index contributed by atoms with van der Waals surface area (Å²) in [5.74, 6) is -1.23. The smallest absolute Gasteiger partial charge is 0.387 e. The lowest BCUT2D eigenvalue weighted by Crippen LogP contribution is -2.28. The predicted octanol–water partition coefficient (Wildman–Crippen LogP) is 3.23. The van der Waals surface area contributed by atoms with Crippen LogP contribution in [0, 0.1) is 0 Å². The van der Waals surface area contributed by atoms with E-state index >= 15 is 0 Å². The van der Waals surface area contributed by atoms with E-state index in [1.807, 2.05) is 0 Å². The van der Waals surface area contributed by atoms with Gasteiger partial charge in [0, 0.05) is 5.56 Å². The number of hydrogen-bond donors (Lipinski definition) is 1. The zero-order valence-electron chi connectivity index (χ0n) is 13.2. The predicted molar refractivity (Wildman–Crippen MR) is 87.0 cm³/mol. The van der Waals surface area contributed by atoms with Crippen LogP contribution in [0.1, 0.15) is 15.9 Å². The minimum absolute atomic E-state index is 0.0138. The first-order chi connectivity index (χ1) is 12.0. The van der Waals surface area contributed by atoms with Gasteiger partial charge in [-0.05, 0) is 35.9 Å². The molecule has 0 radical (unpaired) electrons. The third-order valence-electron chi connectivity index (χ3n) is 3.11. The Balaban J connectivity index is 2.20. The molecule has 2 rings (SSSR count). The van der Waals surface area contributed by atoms with Crippen molar-refractivity contribution < 1.29 is 27.8 Å². The summed E-state index contributed by atoms with van der Waals surface area (Å²) in [5.41, 5.74) is 0.784. The normalized spacial score (nSPS) is 11.1. The van der Waals surface area contributed by atoms with Crippen LogP contribution in [0.2, 0.25) is 0 Å². The molecule has 0 atom stereocenters. The van der Waals surface area contributed by atoms with Gasteiger partial charge >= 0.3 is 12.6 Å². The second kappa shape index (κ2) is 8.58. The largest absolute Gasteiger partial charge is 0.464 e. The monoisotopic (exact) mass is 347 g/mol. The Hall–Kier alpha value is -3.22. The molecule has 0 saturated heterocycles. The van der Waals surface area contributed by atoms with Gasteiger partial charge in [-0.3, -0.25) is 4.79 Å². The Labute approximate surface area is 142 Å². The van der Waals surface area contributed by atoms with Crippen molar-refractivity contribution in [1.82, 2.24) is 5.32 Å². The molecule has 2 aromatic carbocycles. The Morgan fingerprint density at radius 2 is 1.68 bits per heavy atom. The molecule has 0 fully saturated rings. The second-order valence-corrected chi connectivity index (χ2v) is 4.82. The van der Waals surface area contributed by atoms with Crippen molar-refractivity contribution in [2.24, 2.45) is 0 Å². The van der Waals surface area contributed by atoms with Crippen LogP contribution in [0.4, 0.5) is 8.78 Å². The third-order valence-corrected chi connectivity index (χ3v) is 3.11. The Morgan fingerprint density at radius 3 is 2.24 bits per heavy atom. The third kappa shape index (κ3) is 5.42. The quantitative estimate of drug-likeness (QED) is 0.644. The topological polar surface area (TPSA) is 64.6 Å². The van der Waals surface area contributed by atoms with E-state index in [0.717, 1.165) is 0 Å². The number of halogens is 2. The number of carbonyl (C=O) groups is 2. The van der Waals surface area contributed by atoms with Gasteiger partial charge in [-0.25, -0.2) is 4.79 Å². The molecule has 7 heteroatoms. The van der Waals surface area contributed by atoms with Gasteiger partial charge in [-0.15, -0.1) is 0 Å². The molecule has 0 aliphatic carbocycles. The zero-order chi connectivity index (χ0) is 18.2. The fourth-order valence-corrected chi connectivity index (χ4v) is 1.95. The number of rotatable bonds is 6. The van der Waals surface area contributed by atoms with Crippen LogP contribution in [-0.2, 0) is 9.53 Å². The van der Waals surface area contributed by atoms with Crippen LogP contribution in [0.25, 0.3) is 6.08 Å². The van der Waals surface area contributed by atoms with Crippen molar-refractivity contribution in [2.45, 2.75) is 6.61 Å². The first-order valence-corrected chi connectivity index (χ1v) is 7.21. The second-order valence-electron chi connectivity index (χ2n) is 4.82. The zero-order valence-corrected chi connectivity index (χ0v) is 13.2. The van der Waals surface area contributed by atoms with Gasteiger partial charge in [-0.1, -0.05) is 30.3 Å². The van der Waals surface area contributed by atoms with Crippen LogP contribution in [-0.4, -0.2) is 25.6 Å². The molecule has 0 bridgehead atoms. The summed E-state index contributed by atoms with van der Waals surface area (Å²) in [6.07, 6.45) is 1.37. The fourth-order valence-electron chi connectivity index (χ4n) is 1.95. The molecular formula is C18H15F2NO4. The molecule has 1 N–H and O–H groups in total. The van der Waals surface area contributed by atoms with E-state index in [-0.39, 0.29) is 11.4 Å². The maximum Gasteiger partial charge on any atom is 0.387 e. The van der Waals surface area contributed by atoms with E-state index in [4.69, 9.17) is 0 Å². The summed E-state index contributed by atoms with van der Waals surface area (Å²) < 4.78 is 33.2. The molecule has 0 heterocycles. The number of methoxy groups -OCH3 is 1. The van der Waals surface area contributed by atoms with Gasteiger partial charge in [0.05, 0.1) is 7.11 Å². The molecule has 0 unspecified atom stereocenters. The Bertz CT molecular complexity index is 758. The number of amides is 1. The van der Waals surface area contributed by atoms with Crippen LogP contribution in [0.3, 0.4) is 0 Å². The minimum atomic E-state index is -2.92. The fraction of sp³-hybridized carbons (Fsp3) is 0.111. The van der Waals surface area contributed by atoms with Crippen LogP contribution < -0.4 is 10.1 Å². The van der Waals surface area contributed by atoms with Gasteiger partial charge in [0.2, 0.25) is 0 Å². The first kappa shape index (κ1) is 18.1. The highest BCUT2D eigenvalue weighted by Gasteiger charge is 2.15. The molecule has 25 heavy (non-hydrogen) atoms. The van der Waals surface area contributed by atoms with Crippen molar-refractivity contribution in [2.75, 3.05) is 7.11 Å². The lowest BCUT2D eigenvalue weighted by atomic mass is 10.1. The number of esters is 1. The first-order valence-electron chi connectivity index (χ1n) is 7.21. The van der Waals surface area contributed by atoms with E-state index < -0.39 is 18.5 Å². The molecule has 5 nitrogen and oxygen atoms in total. The summed E-state index contributed by atoms with van der Waals surface area (Å²) in [6, 6.07) is 13.9. The lowest BCUT2D eigenvalue weighted by Gasteiger charge is -2.09. The number of carbonyl (C=O) groups excluding carboxylic acids is 2. The van der Waals surface area contributed by atoms with Crippen molar-refractivity contribution in [3.05, 3.63) is 71.4 Å². The standard InChI is InChI=1S/C18H15F2NO4/c1-24-17(23)15(21-16(22)13-5-3-2-4-6-13)11-12-7-9-14(10-8-12)25-18(19)20/h2-11,18H,1H3,(H,21,22). The number of nitrogens with one attached hydrogen (secondary N) is 1. The Morgan fingerprint density at radius 1 is 1.04 bits per heavy atom. The van der Waals surface area contributed by atoms with Crippen LogP contribution >= 0.6 is 0 Å². The molecule has 1 amide bonds. The van der Waals surface area contributed by atoms with E-state index in [0.29, 0.717) is 11.1 Å². The average Bonchev–Trinajstić information content (AvgIpc) is 2.62. The van der Waals surface area contributed by atoms with E-state index in [9.17, 15) is 18.4 Å². The van der Waals surface area contributed by atoms with Gasteiger partial charge in [0.1, 0.15) is 11.4 Å². The highest BCUT2D eigenvalue weighted by Crippen LogP contribution is 2.16. The number of ether oxygens (including phenoxy) is 2. The highest BCUT2D eigenvalue weighted by molar-refractivity contribution is 6.03. The molecular weight excluding hydrogens is 332 g/mol. The summed E-state index contributed by atoms with van der Waals surface area (Å²) in [5, 5.41) is 2.48. The van der Waals surface area contributed by atoms with E-state index in [2.05, 4.69) is 14.8 Å². The molecule has 0 aliphatic rings. The van der Waals surface area contributed by atoms with Gasteiger partial charge < -0.3 is 14.8 Å². The average molecular weight is 347 g/mol. The maximum atomic E-state index is 12.2. The molecule has 0 aromatic heterocycles. The van der Waals surface area contributed by atoms with Gasteiger partial charge in [-0.2, -0.15) is 8.78 Å². The minimum Gasteiger partial charge on any atom is -0.464 e. The van der Waals surface area contributed by atoms with Crippen molar-refractivity contribution in [3.63, 3.8) is 0 Å². The lowest BCUT2D eigenvalue weighted by molar-refractivity contribution is -0.136. The molecule has 0 saturated carbocycles. The number of alkyl halides is 2. The van der Waals surface area contributed by atoms with E-state index in [1.165, 1.54) is 37.5 Å². The molecule has 0 aliphatic heterocycles. The SMILES string of the molecule is COC(=O)C(=Cc1ccc(OC(F)F)cc1)NC(=O)c1ccccc1. The summed E-state index contributed by atoms with van der Waals surface area (Å²) in [7, 11) is 1.18. The van der Waals surface area contributed by atoms with Crippen molar-refractivity contribution in [3.8, 4) is 5.75 Å². The van der Waals surface area contributed by atoms with Crippen LogP contribution in [0.15, 0.2) is 60.3 Å². The van der Waals surface area contributed by atoms with Crippen molar-refractivity contribution >= 4 is 18.0 Å². The van der Waals surface area contributed by atoms with Gasteiger partial charge in [0.25, 0.3) is 5.91 Å². The van der Waals surface area contributed by atoms with Crippen LogP contribution in [0.5, 0.6) is 5.75 Å².